The van der Waals surface area contributed by atoms with Crippen LogP contribution in [0.1, 0.15) is 36.1 Å². The summed E-state index contributed by atoms with van der Waals surface area (Å²) in [7, 11) is 0. The van der Waals surface area contributed by atoms with Crippen molar-refractivity contribution < 1.29 is 5.11 Å². The molecule has 0 spiro atoms. The first-order chi connectivity index (χ1) is 13.0. The van der Waals surface area contributed by atoms with Crippen LogP contribution in [-0.4, -0.2) is 34.0 Å². The van der Waals surface area contributed by atoms with E-state index in [2.05, 4.69) is 48.1 Å². The van der Waals surface area contributed by atoms with Crippen LogP contribution in [0.2, 0.25) is 0 Å². The second kappa shape index (κ2) is 9.13. The minimum atomic E-state index is 0.264. The van der Waals surface area contributed by atoms with E-state index >= 15 is 0 Å². The average molecular weight is 402 g/mol. The zero-order valence-electron chi connectivity index (χ0n) is 16.2. The third-order valence-electron chi connectivity index (χ3n) is 5.00. The van der Waals surface area contributed by atoms with Crippen LogP contribution in [-0.2, 0) is 0 Å². The summed E-state index contributed by atoms with van der Waals surface area (Å²) in [4.78, 5) is 11.5. The van der Waals surface area contributed by atoms with Gasteiger partial charge in [-0.2, -0.15) is 0 Å². The summed E-state index contributed by atoms with van der Waals surface area (Å²) >= 11 is 3.22. The SMILES string of the molecule is C=C(Sc1ccccc1C)c1c(C)nc(SC)nc1N[C@H]1CCC(CO)C1. The number of hydrogen-bond donors (Lipinski definition) is 2. The Bertz CT molecular complexity index is 825. The summed E-state index contributed by atoms with van der Waals surface area (Å²) < 4.78 is 0. The Hall–Kier alpha value is -1.50. The van der Waals surface area contributed by atoms with Crippen LogP contribution in [0.5, 0.6) is 0 Å². The molecule has 1 aliphatic rings. The van der Waals surface area contributed by atoms with Crippen molar-refractivity contribution >= 4 is 34.2 Å². The van der Waals surface area contributed by atoms with Gasteiger partial charge >= 0.3 is 0 Å². The number of nitrogens with one attached hydrogen (secondary N) is 1. The van der Waals surface area contributed by atoms with Crippen LogP contribution in [0.3, 0.4) is 0 Å². The Morgan fingerprint density at radius 2 is 2.04 bits per heavy atom. The molecule has 0 aliphatic heterocycles. The van der Waals surface area contributed by atoms with Crippen molar-refractivity contribution in [2.24, 2.45) is 5.92 Å². The molecule has 1 aromatic carbocycles. The lowest BCUT2D eigenvalue weighted by Crippen LogP contribution is -2.19. The van der Waals surface area contributed by atoms with Gasteiger partial charge in [-0.25, -0.2) is 9.97 Å². The standard InChI is InChI=1S/C21H27N3OS2/c1-13-7-5-6-8-18(13)27-15(3)19-14(2)22-21(26-4)24-20(19)23-17-10-9-16(11-17)12-25/h5-8,16-17,25H,3,9-12H2,1-2,4H3,(H,22,23,24)/t16?,17-/m0/s1. The van der Waals surface area contributed by atoms with Gasteiger partial charge in [-0.05, 0) is 56.9 Å². The molecule has 0 saturated heterocycles. The molecule has 4 nitrogen and oxygen atoms in total. The molecule has 1 fully saturated rings. The Balaban J connectivity index is 1.89. The van der Waals surface area contributed by atoms with Crippen molar-refractivity contribution in [3.63, 3.8) is 0 Å². The molecule has 1 heterocycles. The van der Waals surface area contributed by atoms with Crippen LogP contribution < -0.4 is 5.32 Å². The van der Waals surface area contributed by atoms with Gasteiger partial charge in [0.2, 0.25) is 0 Å². The number of anilines is 1. The van der Waals surface area contributed by atoms with Crippen LogP contribution in [0.4, 0.5) is 5.82 Å². The zero-order valence-corrected chi connectivity index (χ0v) is 17.8. The lowest BCUT2D eigenvalue weighted by molar-refractivity contribution is 0.229. The van der Waals surface area contributed by atoms with Crippen LogP contribution in [0, 0.1) is 19.8 Å². The van der Waals surface area contributed by atoms with E-state index in [0.29, 0.717) is 12.0 Å². The zero-order chi connectivity index (χ0) is 19.4. The van der Waals surface area contributed by atoms with E-state index < -0.39 is 0 Å². The third-order valence-corrected chi connectivity index (χ3v) is 6.67. The molecule has 2 aromatic rings. The van der Waals surface area contributed by atoms with Gasteiger partial charge < -0.3 is 10.4 Å². The van der Waals surface area contributed by atoms with E-state index in [0.717, 1.165) is 46.4 Å². The van der Waals surface area contributed by atoms with E-state index in [1.165, 1.54) is 10.5 Å². The Morgan fingerprint density at radius 3 is 2.70 bits per heavy atom. The molecule has 3 rings (SSSR count). The van der Waals surface area contributed by atoms with Crippen molar-refractivity contribution in [3.05, 3.63) is 47.7 Å². The molecule has 1 saturated carbocycles. The molecule has 0 bridgehead atoms. The first-order valence-electron chi connectivity index (χ1n) is 9.24. The van der Waals surface area contributed by atoms with Gasteiger partial charge in [0.1, 0.15) is 5.82 Å². The topological polar surface area (TPSA) is 58.0 Å². The Labute approximate surface area is 170 Å². The predicted octanol–water partition coefficient (Wildman–Crippen LogP) is 5.15. The average Bonchev–Trinajstić information content (AvgIpc) is 3.10. The van der Waals surface area contributed by atoms with Crippen molar-refractivity contribution in [3.8, 4) is 0 Å². The first-order valence-corrected chi connectivity index (χ1v) is 11.3. The van der Waals surface area contributed by atoms with Gasteiger partial charge in [-0.3, -0.25) is 0 Å². The molecule has 0 amide bonds. The summed E-state index contributed by atoms with van der Waals surface area (Å²) in [6.07, 6.45) is 5.08. The quantitative estimate of drug-likeness (QED) is 0.494. The van der Waals surface area contributed by atoms with Gasteiger partial charge in [0, 0.05) is 22.4 Å². The van der Waals surface area contributed by atoms with Crippen molar-refractivity contribution in [2.45, 2.75) is 49.2 Å². The van der Waals surface area contributed by atoms with Crippen molar-refractivity contribution in [2.75, 3.05) is 18.2 Å². The highest BCUT2D eigenvalue weighted by Crippen LogP contribution is 2.40. The van der Waals surface area contributed by atoms with Gasteiger partial charge in [0.25, 0.3) is 0 Å². The number of aliphatic hydroxyl groups is 1. The number of rotatable bonds is 7. The fourth-order valence-electron chi connectivity index (χ4n) is 3.50. The molecule has 144 valence electrons. The number of aromatic nitrogens is 2. The lowest BCUT2D eigenvalue weighted by Gasteiger charge is -2.20. The minimum absolute atomic E-state index is 0.264. The smallest absolute Gasteiger partial charge is 0.189 e. The van der Waals surface area contributed by atoms with E-state index in [1.807, 2.05) is 13.2 Å². The molecule has 6 heteroatoms. The van der Waals surface area contributed by atoms with E-state index in [9.17, 15) is 5.11 Å². The maximum absolute atomic E-state index is 9.43. The van der Waals surface area contributed by atoms with Crippen LogP contribution in [0.25, 0.3) is 4.91 Å². The van der Waals surface area contributed by atoms with Crippen molar-refractivity contribution in [1.82, 2.24) is 9.97 Å². The number of aliphatic hydroxyl groups excluding tert-OH is 1. The summed E-state index contributed by atoms with van der Waals surface area (Å²) in [5.41, 5.74) is 3.17. The van der Waals surface area contributed by atoms with Gasteiger partial charge in [-0.15, -0.1) is 0 Å². The Kier molecular flexibility index (Phi) is 6.84. The first kappa shape index (κ1) is 20.2. The van der Waals surface area contributed by atoms with Crippen LogP contribution in [0.15, 0.2) is 40.9 Å². The van der Waals surface area contributed by atoms with Gasteiger partial charge in [-0.1, -0.05) is 48.3 Å². The molecule has 27 heavy (non-hydrogen) atoms. The molecule has 0 radical (unpaired) electrons. The summed E-state index contributed by atoms with van der Waals surface area (Å²) in [5.74, 6) is 1.25. The van der Waals surface area contributed by atoms with E-state index in [4.69, 9.17) is 4.98 Å². The number of hydrogen-bond acceptors (Lipinski definition) is 6. The number of nitrogens with zero attached hydrogens (tertiary/aromatic N) is 2. The lowest BCUT2D eigenvalue weighted by atomic mass is 10.1. The number of aryl methyl sites for hydroxylation is 2. The van der Waals surface area contributed by atoms with E-state index in [1.54, 1.807) is 23.5 Å². The van der Waals surface area contributed by atoms with E-state index in [-0.39, 0.29) is 6.61 Å². The molecular formula is C21H27N3OS2. The highest BCUT2D eigenvalue weighted by Gasteiger charge is 2.26. The van der Waals surface area contributed by atoms with Crippen LogP contribution >= 0.6 is 23.5 Å². The van der Waals surface area contributed by atoms with Gasteiger partial charge in [0.05, 0.1) is 11.3 Å². The molecule has 1 aromatic heterocycles. The number of thioether (sulfide) groups is 2. The largest absolute Gasteiger partial charge is 0.396 e. The normalized spacial score (nSPS) is 19.3. The second-order valence-corrected chi connectivity index (χ2v) is 8.92. The third kappa shape index (κ3) is 4.86. The van der Waals surface area contributed by atoms with Gasteiger partial charge in [0.15, 0.2) is 5.16 Å². The molecule has 1 aliphatic carbocycles. The number of benzene rings is 1. The summed E-state index contributed by atoms with van der Waals surface area (Å²) in [5, 5.41) is 13.8. The highest BCUT2D eigenvalue weighted by molar-refractivity contribution is 8.08. The molecular weight excluding hydrogens is 374 g/mol. The second-order valence-electron chi connectivity index (χ2n) is 7.01. The predicted molar refractivity (Wildman–Crippen MR) is 116 cm³/mol. The maximum Gasteiger partial charge on any atom is 0.189 e. The Morgan fingerprint density at radius 1 is 1.26 bits per heavy atom. The summed E-state index contributed by atoms with van der Waals surface area (Å²) in [6.45, 7) is 8.74. The minimum Gasteiger partial charge on any atom is -0.396 e. The molecule has 2 N–H and O–H groups in total. The maximum atomic E-state index is 9.43. The fraction of sp³-hybridized carbons (Fsp3) is 0.429. The summed E-state index contributed by atoms with van der Waals surface area (Å²) in [6, 6.07) is 8.67. The highest BCUT2D eigenvalue weighted by atomic mass is 32.2. The monoisotopic (exact) mass is 401 g/mol. The fourth-order valence-corrected chi connectivity index (χ4v) is 4.90. The molecule has 2 atom stereocenters. The molecule has 1 unspecified atom stereocenters. The van der Waals surface area contributed by atoms with Crippen molar-refractivity contribution in [1.29, 1.82) is 0 Å².